The Morgan fingerprint density at radius 3 is 2.67 bits per heavy atom. The van der Waals surface area contributed by atoms with E-state index in [1.165, 1.54) is 7.11 Å². The Hall–Kier alpha value is -1.91. The van der Waals surface area contributed by atoms with Gasteiger partial charge in [-0.25, -0.2) is 0 Å². The number of nitrogens with zero attached hydrogens (tertiary/aromatic N) is 1. The monoisotopic (exact) mass is 245 g/mol. The van der Waals surface area contributed by atoms with Crippen molar-refractivity contribution < 1.29 is 14.9 Å². The van der Waals surface area contributed by atoms with Gasteiger partial charge in [-0.05, 0) is 23.8 Å². The van der Waals surface area contributed by atoms with E-state index in [0.29, 0.717) is 22.6 Å². The standard InChI is InChI=1S/C14H15NO3/c1-18-12-7-4-5-10(9-16)13(12)14(17)11-6-2-3-8-15-11/h2-8,14,16-17H,9H2,1H3. The summed E-state index contributed by atoms with van der Waals surface area (Å²) < 4.78 is 5.23. The molecule has 94 valence electrons. The van der Waals surface area contributed by atoms with Gasteiger partial charge in [0.1, 0.15) is 11.9 Å². The van der Waals surface area contributed by atoms with Gasteiger partial charge in [-0.3, -0.25) is 4.98 Å². The van der Waals surface area contributed by atoms with E-state index in [1.807, 2.05) is 0 Å². The molecule has 0 radical (unpaired) electrons. The number of pyridine rings is 1. The predicted molar refractivity (Wildman–Crippen MR) is 67.2 cm³/mol. The molecule has 1 heterocycles. The van der Waals surface area contributed by atoms with E-state index in [0.717, 1.165) is 0 Å². The van der Waals surface area contributed by atoms with E-state index < -0.39 is 6.10 Å². The van der Waals surface area contributed by atoms with Crippen LogP contribution < -0.4 is 4.74 Å². The number of aromatic nitrogens is 1. The summed E-state index contributed by atoms with van der Waals surface area (Å²) in [5.41, 5.74) is 1.71. The van der Waals surface area contributed by atoms with Crippen LogP contribution in [-0.4, -0.2) is 22.3 Å². The average molecular weight is 245 g/mol. The van der Waals surface area contributed by atoms with E-state index in [2.05, 4.69) is 4.98 Å². The normalized spacial score (nSPS) is 12.2. The quantitative estimate of drug-likeness (QED) is 0.860. The summed E-state index contributed by atoms with van der Waals surface area (Å²) in [4.78, 5) is 4.12. The maximum atomic E-state index is 10.4. The van der Waals surface area contributed by atoms with Crippen LogP contribution in [0.3, 0.4) is 0 Å². The Bertz CT molecular complexity index is 491. The lowest BCUT2D eigenvalue weighted by atomic mass is 9.99. The molecule has 1 unspecified atom stereocenters. The van der Waals surface area contributed by atoms with Gasteiger partial charge in [0.15, 0.2) is 0 Å². The van der Waals surface area contributed by atoms with Crippen molar-refractivity contribution in [1.82, 2.24) is 4.98 Å². The Kier molecular flexibility index (Phi) is 3.92. The third kappa shape index (κ3) is 2.34. The smallest absolute Gasteiger partial charge is 0.125 e. The maximum absolute atomic E-state index is 10.4. The van der Waals surface area contributed by atoms with Crippen LogP contribution in [0.4, 0.5) is 0 Å². The van der Waals surface area contributed by atoms with Gasteiger partial charge in [0, 0.05) is 11.8 Å². The summed E-state index contributed by atoms with van der Waals surface area (Å²) in [5, 5.41) is 19.7. The number of benzene rings is 1. The van der Waals surface area contributed by atoms with Gasteiger partial charge in [0.25, 0.3) is 0 Å². The van der Waals surface area contributed by atoms with E-state index in [-0.39, 0.29) is 6.61 Å². The second kappa shape index (κ2) is 5.62. The number of ether oxygens (including phenoxy) is 1. The lowest BCUT2D eigenvalue weighted by Gasteiger charge is -2.17. The first-order chi connectivity index (χ1) is 8.77. The molecular weight excluding hydrogens is 230 g/mol. The molecule has 0 saturated carbocycles. The summed E-state index contributed by atoms with van der Waals surface area (Å²) >= 11 is 0. The van der Waals surface area contributed by atoms with Gasteiger partial charge in [-0.2, -0.15) is 0 Å². The van der Waals surface area contributed by atoms with Gasteiger partial charge >= 0.3 is 0 Å². The fourth-order valence-corrected chi connectivity index (χ4v) is 1.90. The number of methoxy groups -OCH3 is 1. The van der Waals surface area contributed by atoms with Crippen molar-refractivity contribution in [2.75, 3.05) is 7.11 Å². The summed E-state index contributed by atoms with van der Waals surface area (Å²) in [6.07, 6.45) is 0.705. The molecule has 2 aromatic rings. The number of aliphatic hydroxyl groups excluding tert-OH is 2. The molecular formula is C14H15NO3. The van der Waals surface area contributed by atoms with E-state index in [4.69, 9.17) is 4.74 Å². The number of hydrogen-bond acceptors (Lipinski definition) is 4. The molecule has 0 fully saturated rings. The molecule has 0 bridgehead atoms. The van der Waals surface area contributed by atoms with Crippen molar-refractivity contribution in [2.24, 2.45) is 0 Å². The number of hydrogen-bond donors (Lipinski definition) is 2. The fraction of sp³-hybridized carbons (Fsp3) is 0.214. The zero-order valence-electron chi connectivity index (χ0n) is 10.1. The molecule has 18 heavy (non-hydrogen) atoms. The summed E-state index contributed by atoms with van der Waals surface area (Å²) in [6.45, 7) is -0.156. The first-order valence-corrected chi connectivity index (χ1v) is 5.63. The highest BCUT2D eigenvalue weighted by molar-refractivity contribution is 5.44. The van der Waals surface area contributed by atoms with Gasteiger partial charge in [0.2, 0.25) is 0 Å². The summed E-state index contributed by atoms with van der Waals surface area (Å²) in [7, 11) is 1.53. The van der Waals surface area contributed by atoms with E-state index in [9.17, 15) is 10.2 Å². The highest BCUT2D eigenvalue weighted by Crippen LogP contribution is 2.32. The van der Waals surface area contributed by atoms with Crippen molar-refractivity contribution in [2.45, 2.75) is 12.7 Å². The largest absolute Gasteiger partial charge is 0.496 e. The van der Waals surface area contributed by atoms with Crippen LogP contribution in [0.5, 0.6) is 5.75 Å². The van der Waals surface area contributed by atoms with Crippen LogP contribution in [0.1, 0.15) is 22.9 Å². The van der Waals surface area contributed by atoms with Crippen molar-refractivity contribution >= 4 is 0 Å². The maximum Gasteiger partial charge on any atom is 0.125 e. The van der Waals surface area contributed by atoms with E-state index in [1.54, 1.807) is 42.6 Å². The topological polar surface area (TPSA) is 62.6 Å². The van der Waals surface area contributed by atoms with E-state index >= 15 is 0 Å². The summed E-state index contributed by atoms with van der Waals surface area (Å²) in [6, 6.07) is 10.6. The number of rotatable bonds is 4. The predicted octanol–water partition coefficient (Wildman–Crippen LogP) is 1.66. The molecule has 0 amide bonds. The van der Waals surface area contributed by atoms with Crippen molar-refractivity contribution in [3.8, 4) is 5.75 Å². The second-order valence-corrected chi connectivity index (χ2v) is 3.85. The Balaban J connectivity index is 2.49. The van der Waals surface area contributed by atoms with Gasteiger partial charge in [-0.1, -0.05) is 18.2 Å². The zero-order chi connectivity index (χ0) is 13.0. The molecule has 0 aliphatic rings. The molecule has 0 aliphatic carbocycles. The minimum Gasteiger partial charge on any atom is -0.496 e. The zero-order valence-corrected chi connectivity index (χ0v) is 10.1. The highest BCUT2D eigenvalue weighted by atomic mass is 16.5. The molecule has 2 rings (SSSR count). The van der Waals surface area contributed by atoms with Crippen LogP contribution >= 0.6 is 0 Å². The minimum absolute atomic E-state index is 0.156. The molecule has 1 atom stereocenters. The first kappa shape index (κ1) is 12.5. The second-order valence-electron chi connectivity index (χ2n) is 3.85. The van der Waals surface area contributed by atoms with Crippen LogP contribution in [0, 0.1) is 0 Å². The van der Waals surface area contributed by atoms with Gasteiger partial charge in [-0.15, -0.1) is 0 Å². The van der Waals surface area contributed by atoms with Crippen molar-refractivity contribution in [1.29, 1.82) is 0 Å². The van der Waals surface area contributed by atoms with Gasteiger partial charge < -0.3 is 14.9 Å². The van der Waals surface area contributed by atoms with Gasteiger partial charge in [0.05, 0.1) is 19.4 Å². The first-order valence-electron chi connectivity index (χ1n) is 5.63. The molecule has 1 aromatic carbocycles. The van der Waals surface area contributed by atoms with Crippen molar-refractivity contribution in [3.63, 3.8) is 0 Å². The molecule has 2 N–H and O–H groups in total. The summed E-state index contributed by atoms with van der Waals surface area (Å²) in [5.74, 6) is 0.541. The molecule has 4 nitrogen and oxygen atoms in total. The Labute approximate surface area is 106 Å². The third-order valence-electron chi connectivity index (χ3n) is 2.79. The SMILES string of the molecule is COc1cccc(CO)c1C(O)c1ccccn1. The van der Waals surface area contributed by atoms with Crippen LogP contribution in [0.15, 0.2) is 42.6 Å². The highest BCUT2D eigenvalue weighted by Gasteiger charge is 2.19. The molecule has 0 spiro atoms. The average Bonchev–Trinajstić information content (AvgIpc) is 2.46. The van der Waals surface area contributed by atoms with Crippen LogP contribution in [-0.2, 0) is 6.61 Å². The molecule has 4 heteroatoms. The minimum atomic E-state index is -0.913. The van der Waals surface area contributed by atoms with Crippen LogP contribution in [0.2, 0.25) is 0 Å². The fourth-order valence-electron chi connectivity index (χ4n) is 1.90. The lowest BCUT2D eigenvalue weighted by molar-refractivity contribution is 0.203. The Morgan fingerprint density at radius 1 is 1.22 bits per heavy atom. The third-order valence-corrected chi connectivity index (χ3v) is 2.79. The number of aliphatic hydroxyl groups is 2. The molecule has 0 aliphatic heterocycles. The van der Waals surface area contributed by atoms with Crippen LogP contribution in [0.25, 0.3) is 0 Å². The Morgan fingerprint density at radius 2 is 2.06 bits per heavy atom. The van der Waals surface area contributed by atoms with Crippen molar-refractivity contribution in [3.05, 3.63) is 59.4 Å². The molecule has 0 saturated heterocycles. The lowest BCUT2D eigenvalue weighted by Crippen LogP contribution is -2.07. The molecule has 1 aromatic heterocycles.